The molecule has 0 fully saturated rings. The van der Waals surface area contributed by atoms with Crippen LogP contribution < -0.4 is 5.43 Å². The number of hydrogen-bond donors (Lipinski definition) is 1. The second-order valence-electron chi connectivity index (χ2n) is 2.09. The van der Waals surface area contributed by atoms with Crippen molar-refractivity contribution in [2.24, 2.45) is 0 Å². The van der Waals surface area contributed by atoms with Crippen molar-refractivity contribution in [3.8, 4) is 0 Å². The van der Waals surface area contributed by atoms with Crippen LogP contribution in [0.1, 0.15) is 5.56 Å². The lowest BCUT2D eigenvalue weighted by atomic mass is 10.3. The quantitative estimate of drug-likeness (QED) is 0.473. The highest BCUT2D eigenvalue weighted by Gasteiger charge is 2.13. The fourth-order valence-corrected chi connectivity index (χ4v) is 1.17. The molecule has 0 amide bonds. The summed E-state index contributed by atoms with van der Waals surface area (Å²) in [7, 11) is 0. The molecule has 0 unspecified atom stereocenters. The third-order valence-electron chi connectivity index (χ3n) is 1.34. The van der Waals surface area contributed by atoms with Gasteiger partial charge in [-0.25, -0.2) is 0 Å². The highest BCUT2D eigenvalue weighted by Crippen LogP contribution is 2.04. The SMILES string of the molecule is O=c1c(CBr)c[nH]cc1[N+](=O)[O-]. The van der Waals surface area contributed by atoms with Crippen LogP contribution in [0.4, 0.5) is 5.69 Å². The largest absolute Gasteiger partial charge is 0.361 e. The third-order valence-corrected chi connectivity index (χ3v) is 1.95. The molecule has 1 N–H and O–H groups in total. The van der Waals surface area contributed by atoms with Gasteiger partial charge < -0.3 is 4.98 Å². The summed E-state index contributed by atoms with van der Waals surface area (Å²) < 4.78 is 0. The number of rotatable bonds is 2. The van der Waals surface area contributed by atoms with Crippen LogP contribution in [0.15, 0.2) is 17.2 Å². The molecule has 6 heteroatoms. The van der Waals surface area contributed by atoms with Gasteiger partial charge in [-0.1, -0.05) is 15.9 Å². The van der Waals surface area contributed by atoms with E-state index in [-0.39, 0.29) is 0 Å². The second-order valence-corrected chi connectivity index (χ2v) is 2.65. The zero-order valence-corrected chi connectivity index (χ0v) is 7.50. The van der Waals surface area contributed by atoms with E-state index in [1.807, 2.05) is 0 Å². The lowest BCUT2D eigenvalue weighted by Crippen LogP contribution is -2.12. The molecule has 0 aliphatic heterocycles. The molecule has 1 heterocycles. The zero-order chi connectivity index (χ0) is 9.14. The standard InChI is InChI=1S/C6H5BrN2O3/c7-1-4-2-8-3-5(6(4)10)9(11)12/h2-3H,1H2,(H,8,10). The first kappa shape index (κ1) is 8.92. The number of nitro groups is 1. The Morgan fingerprint density at radius 3 is 2.75 bits per heavy atom. The molecule has 5 nitrogen and oxygen atoms in total. The fraction of sp³-hybridized carbons (Fsp3) is 0.167. The van der Waals surface area contributed by atoms with Gasteiger partial charge in [-0.05, 0) is 0 Å². The van der Waals surface area contributed by atoms with Crippen molar-refractivity contribution in [1.82, 2.24) is 4.98 Å². The normalized spacial score (nSPS) is 9.75. The number of nitrogens with one attached hydrogen (secondary N) is 1. The van der Waals surface area contributed by atoms with Crippen molar-refractivity contribution >= 4 is 21.6 Å². The van der Waals surface area contributed by atoms with Gasteiger partial charge in [0.1, 0.15) is 0 Å². The van der Waals surface area contributed by atoms with E-state index in [1.165, 1.54) is 6.20 Å². The molecule has 1 rings (SSSR count). The molecular formula is C6H5BrN2O3. The van der Waals surface area contributed by atoms with Crippen molar-refractivity contribution < 1.29 is 4.92 Å². The summed E-state index contributed by atoms with van der Waals surface area (Å²) in [6.45, 7) is 0. The number of H-pyrrole nitrogens is 1. The molecule has 0 atom stereocenters. The van der Waals surface area contributed by atoms with E-state index in [9.17, 15) is 14.9 Å². The number of pyridine rings is 1. The minimum atomic E-state index is -0.703. The highest BCUT2D eigenvalue weighted by molar-refractivity contribution is 9.08. The third kappa shape index (κ3) is 1.53. The molecule has 0 bridgehead atoms. The van der Waals surface area contributed by atoms with Gasteiger partial charge in [0, 0.05) is 17.1 Å². The number of alkyl halides is 1. The topological polar surface area (TPSA) is 76.0 Å². The molecular weight excluding hydrogens is 228 g/mol. The smallest absolute Gasteiger partial charge is 0.332 e. The van der Waals surface area contributed by atoms with Crippen LogP contribution >= 0.6 is 15.9 Å². The number of aromatic nitrogens is 1. The first-order chi connectivity index (χ1) is 5.66. The summed E-state index contributed by atoms with van der Waals surface area (Å²) >= 11 is 3.05. The highest BCUT2D eigenvalue weighted by atomic mass is 79.9. The summed E-state index contributed by atoms with van der Waals surface area (Å²) in [6, 6.07) is 0. The molecule has 0 saturated heterocycles. The Labute approximate surface area is 75.7 Å². The van der Waals surface area contributed by atoms with Crippen LogP contribution in [0, 0.1) is 10.1 Å². The Balaban J connectivity index is 3.33. The molecule has 0 saturated carbocycles. The summed E-state index contributed by atoms with van der Waals surface area (Å²) in [5, 5.41) is 10.6. The minimum Gasteiger partial charge on any atom is -0.361 e. The van der Waals surface area contributed by atoms with Crippen LogP contribution in [-0.4, -0.2) is 9.91 Å². The van der Waals surface area contributed by atoms with Gasteiger partial charge in [-0.3, -0.25) is 14.9 Å². The summed E-state index contributed by atoms with van der Waals surface area (Å²) in [5.74, 6) is 0. The predicted molar refractivity (Wildman–Crippen MR) is 46.3 cm³/mol. The van der Waals surface area contributed by atoms with E-state index in [2.05, 4.69) is 20.9 Å². The van der Waals surface area contributed by atoms with Crippen LogP contribution in [0.25, 0.3) is 0 Å². The molecule has 64 valence electrons. The molecule has 0 aliphatic rings. The number of hydrogen-bond acceptors (Lipinski definition) is 3. The van der Waals surface area contributed by atoms with Gasteiger partial charge >= 0.3 is 5.69 Å². The molecule has 0 spiro atoms. The number of halogens is 1. The van der Waals surface area contributed by atoms with Crippen LogP contribution in [0.2, 0.25) is 0 Å². The maximum atomic E-state index is 11.1. The Morgan fingerprint density at radius 1 is 1.58 bits per heavy atom. The van der Waals surface area contributed by atoms with Crippen LogP contribution in [0.5, 0.6) is 0 Å². The molecule has 0 aliphatic carbocycles. The van der Waals surface area contributed by atoms with Gasteiger partial charge in [0.25, 0.3) is 5.43 Å². The van der Waals surface area contributed by atoms with E-state index < -0.39 is 16.0 Å². The second kappa shape index (κ2) is 3.48. The predicted octanol–water partition coefficient (Wildman–Crippen LogP) is 1.18. The maximum absolute atomic E-state index is 11.1. The molecule has 1 aromatic heterocycles. The molecule has 0 radical (unpaired) electrons. The first-order valence-corrected chi connectivity index (χ1v) is 4.19. The molecule has 0 aromatic carbocycles. The Hall–Kier alpha value is -1.17. The monoisotopic (exact) mass is 232 g/mol. The van der Waals surface area contributed by atoms with Crippen molar-refractivity contribution in [1.29, 1.82) is 0 Å². The maximum Gasteiger partial charge on any atom is 0.332 e. The lowest BCUT2D eigenvalue weighted by molar-refractivity contribution is -0.386. The van der Waals surface area contributed by atoms with Crippen LogP contribution in [-0.2, 0) is 5.33 Å². The fourth-order valence-electron chi connectivity index (χ4n) is 0.752. The van der Waals surface area contributed by atoms with Gasteiger partial charge in [-0.15, -0.1) is 0 Å². The molecule has 1 aromatic rings. The number of aromatic amines is 1. The average molecular weight is 233 g/mol. The molecule has 12 heavy (non-hydrogen) atoms. The van der Waals surface area contributed by atoms with Crippen molar-refractivity contribution in [2.75, 3.05) is 0 Å². The van der Waals surface area contributed by atoms with Gasteiger partial charge in [0.05, 0.1) is 11.1 Å². The van der Waals surface area contributed by atoms with Gasteiger partial charge in [0.2, 0.25) is 0 Å². The van der Waals surface area contributed by atoms with E-state index in [0.29, 0.717) is 10.9 Å². The van der Waals surface area contributed by atoms with Gasteiger partial charge in [-0.2, -0.15) is 0 Å². The minimum absolute atomic E-state index is 0.310. The summed E-state index contributed by atoms with van der Waals surface area (Å²) in [5.41, 5.74) is -0.619. The van der Waals surface area contributed by atoms with Gasteiger partial charge in [0.15, 0.2) is 0 Å². The zero-order valence-electron chi connectivity index (χ0n) is 5.91. The Bertz CT molecular complexity index is 360. The van der Waals surface area contributed by atoms with E-state index >= 15 is 0 Å². The Kier molecular flexibility index (Phi) is 2.59. The average Bonchev–Trinajstić information content (AvgIpc) is 2.04. The van der Waals surface area contributed by atoms with E-state index in [0.717, 1.165) is 6.20 Å². The first-order valence-electron chi connectivity index (χ1n) is 3.07. The van der Waals surface area contributed by atoms with Crippen molar-refractivity contribution in [2.45, 2.75) is 5.33 Å². The van der Waals surface area contributed by atoms with Crippen molar-refractivity contribution in [3.05, 3.63) is 38.3 Å². The summed E-state index contributed by atoms with van der Waals surface area (Å²) in [4.78, 5) is 23.2. The van der Waals surface area contributed by atoms with E-state index in [1.54, 1.807) is 0 Å². The van der Waals surface area contributed by atoms with Crippen molar-refractivity contribution in [3.63, 3.8) is 0 Å². The number of nitrogens with zero attached hydrogens (tertiary/aromatic N) is 1. The van der Waals surface area contributed by atoms with Crippen LogP contribution in [0.3, 0.4) is 0 Å². The lowest BCUT2D eigenvalue weighted by Gasteiger charge is -1.93. The Morgan fingerprint density at radius 2 is 2.25 bits per heavy atom. The summed E-state index contributed by atoms with van der Waals surface area (Å²) in [6.07, 6.45) is 2.51. The van der Waals surface area contributed by atoms with E-state index in [4.69, 9.17) is 0 Å².